The lowest BCUT2D eigenvalue weighted by atomic mass is 10.0. The van der Waals surface area contributed by atoms with Crippen LogP contribution in [0.2, 0.25) is 0 Å². The SMILES string of the molecule is CN(C)[C@@H]1CCN(Cc2cccs2)[C@H]1Cc1cccnc1. The van der Waals surface area contributed by atoms with Crippen LogP contribution in [-0.4, -0.2) is 47.5 Å². The van der Waals surface area contributed by atoms with Crippen molar-refractivity contribution in [3.63, 3.8) is 0 Å². The van der Waals surface area contributed by atoms with Crippen LogP contribution in [0.3, 0.4) is 0 Å². The Morgan fingerprint density at radius 2 is 2.24 bits per heavy atom. The van der Waals surface area contributed by atoms with E-state index in [0.29, 0.717) is 12.1 Å². The van der Waals surface area contributed by atoms with Gasteiger partial charge in [0.15, 0.2) is 0 Å². The van der Waals surface area contributed by atoms with Gasteiger partial charge < -0.3 is 4.90 Å². The maximum absolute atomic E-state index is 4.27. The normalized spacial score (nSPS) is 23.0. The minimum Gasteiger partial charge on any atom is -0.305 e. The third-order valence-electron chi connectivity index (χ3n) is 4.40. The van der Waals surface area contributed by atoms with Crippen molar-refractivity contribution in [2.24, 2.45) is 0 Å². The van der Waals surface area contributed by atoms with Crippen molar-refractivity contribution in [3.05, 3.63) is 52.5 Å². The summed E-state index contributed by atoms with van der Waals surface area (Å²) in [5.41, 5.74) is 1.34. The molecule has 4 heteroatoms. The molecular formula is C17H23N3S. The molecule has 112 valence electrons. The van der Waals surface area contributed by atoms with Crippen molar-refractivity contribution < 1.29 is 0 Å². The number of likely N-dealkylation sites (tertiary alicyclic amines) is 1. The molecule has 2 aromatic heterocycles. The van der Waals surface area contributed by atoms with Crippen LogP contribution in [0.15, 0.2) is 42.0 Å². The molecule has 2 atom stereocenters. The van der Waals surface area contributed by atoms with Crippen LogP contribution in [0, 0.1) is 0 Å². The molecule has 0 aromatic carbocycles. The number of aromatic nitrogens is 1. The molecule has 1 saturated heterocycles. The minimum atomic E-state index is 0.575. The number of likely N-dealkylation sites (N-methyl/N-ethyl adjacent to an activating group) is 1. The van der Waals surface area contributed by atoms with Gasteiger partial charge in [0.25, 0.3) is 0 Å². The first-order valence-corrected chi connectivity index (χ1v) is 8.44. The summed E-state index contributed by atoms with van der Waals surface area (Å²) >= 11 is 1.86. The van der Waals surface area contributed by atoms with Crippen LogP contribution >= 0.6 is 11.3 Å². The number of hydrogen-bond donors (Lipinski definition) is 0. The first kappa shape index (κ1) is 14.7. The number of rotatable bonds is 5. The smallest absolute Gasteiger partial charge is 0.0331 e. The van der Waals surface area contributed by atoms with Gasteiger partial charge in [-0.05, 0) is 50.0 Å². The molecule has 3 nitrogen and oxygen atoms in total. The highest BCUT2D eigenvalue weighted by Gasteiger charge is 2.35. The van der Waals surface area contributed by atoms with Crippen LogP contribution in [0.5, 0.6) is 0 Å². The van der Waals surface area contributed by atoms with Gasteiger partial charge in [-0.15, -0.1) is 11.3 Å². The van der Waals surface area contributed by atoms with E-state index in [1.54, 1.807) is 0 Å². The molecule has 3 rings (SSSR count). The summed E-state index contributed by atoms with van der Waals surface area (Å²) in [7, 11) is 4.41. The molecule has 0 saturated carbocycles. The standard InChI is InChI=1S/C17H23N3S/c1-19(2)16-7-9-20(13-15-6-4-10-21-15)17(16)11-14-5-3-8-18-12-14/h3-6,8,10,12,16-17H,7,9,11,13H2,1-2H3/t16-,17+/m1/s1. The monoisotopic (exact) mass is 301 g/mol. The van der Waals surface area contributed by atoms with Crippen LogP contribution in [0.1, 0.15) is 16.9 Å². The average Bonchev–Trinajstić information content (AvgIpc) is 3.11. The average molecular weight is 301 g/mol. The van der Waals surface area contributed by atoms with Gasteiger partial charge in [-0.25, -0.2) is 0 Å². The molecule has 1 aliphatic heterocycles. The molecule has 1 fully saturated rings. The Kier molecular flexibility index (Phi) is 4.68. The predicted octanol–water partition coefficient (Wildman–Crippen LogP) is 2.89. The summed E-state index contributed by atoms with van der Waals surface area (Å²) in [5.74, 6) is 0. The lowest BCUT2D eigenvalue weighted by Gasteiger charge is -2.31. The van der Waals surface area contributed by atoms with Crippen molar-refractivity contribution in [3.8, 4) is 0 Å². The highest BCUT2D eigenvalue weighted by Crippen LogP contribution is 2.27. The second kappa shape index (κ2) is 6.69. The Labute approximate surface area is 131 Å². The fraction of sp³-hybridized carbons (Fsp3) is 0.471. The fourth-order valence-corrected chi connectivity index (χ4v) is 4.06. The van der Waals surface area contributed by atoms with Gasteiger partial charge in [-0.2, -0.15) is 0 Å². The third-order valence-corrected chi connectivity index (χ3v) is 5.26. The third kappa shape index (κ3) is 3.51. The summed E-state index contributed by atoms with van der Waals surface area (Å²) in [6.07, 6.45) is 6.20. The molecule has 0 radical (unpaired) electrons. The predicted molar refractivity (Wildman–Crippen MR) is 88.6 cm³/mol. The van der Waals surface area contributed by atoms with Gasteiger partial charge >= 0.3 is 0 Å². The summed E-state index contributed by atoms with van der Waals surface area (Å²) in [6.45, 7) is 2.26. The van der Waals surface area contributed by atoms with Gasteiger partial charge in [-0.3, -0.25) is 9.88 Å². The van der Waals surface area contributed by atoms with E-state index < -0.39 is 0 Å². The zero-order chi connectivity index (χ0) is 14.7. The van der Waals surface area contributed by atoms with Crippen LogP contribution in [-0.2, 0) is 13.0 Å². The minimum absolute atomic E-state index is 0.575. The van der Waals surface area contributed by atoms with E-state index >= 15 is 0 Å². The van der Waals surface area contributed by atoms with Crippen molar-refractivity contribution in [2.75, 3.05) is 20.6 Å². The topological polar surface area (TPSA) is 19.4 Å². The van der Waals surface area contributed by atoms with E-state index in [9.17, 15) is 0 Å². The van der Waals surface area contributed by atoms with Gasteiger partial charge in [0.05, 0.1) is 0 Å². The second-order valence-corrected chi connectivity index (χ2v) is 7.03. The quantitative estimate of drug-likeness (QED) is 0.846. The fourth-order valence-electron chi connectivity index (χ4n) is 3.33. The van der Waals surface area contributed by atoms with E-state index in [2.05, 4.69) is 52.5 Å². The van der Waals surface area contributed by atoms with Crippen molar-refractivity contribution >= 4 is 11.3 Å². The lowest BCUT2D eigenvalue weighted by molar-refractivity contribution is 0.179. The zero-order valence-electron chi connectivity index (χ0n) is 12.8. The molecule has 0 N–H and O–H groups in total. The summed E-state index contributed by atoms with van der Waals surface area (Å²) in [4.78, 5) is 10.8. The van der Waals surface area contributed by atoms with E-state index in [0.717, 1.165) is 13.0 Å². The van der Waals surface area contributed by atoms with E-state index in [-0.39, 0.29) is 0 Å². The van der Waals surface area contributed by atoms with Crippen LogP contribution in [0.25, 0.3) is 0 Å². The maximum atomic E-state index is 4.27. The first-order valence-electron chi connectivity index (χ1n) is 7.56. The number of nitrogens with zero attached hydrogens (tertiary/aromatic N) is 3. The number of pyridine rings is 1. The summed E-state index contributed by atoms with van der Waals surface area (Å²) in [5, 5.41) is 2.17. The Morgan fingerprint density at radius 1 is 1.33 bits per heavy atom. The van der Waals surface area contributed by atoms with E-state index in [1.165, 1.54) is 23.4 Å². The van der Waals surface area contributed by atoms with Crippen molar-refractivity contribution in [1.82, 2.24) is 14.8 Å². The number of thiophene rings is 1. The number of hydrogen-bond acceptors (Lipinski definition) is 4. The van der Waals surface area contributed by atoms with Gasteiger partial charge in [0.1, 0.15) is 0 Å². The molecular weight excluding hydrogens is 278 g/mol. The van der Waals surface area contributed by atoms with Crippen molar-refractivity contribution in [2.45, 2.75) is 31.5 Å². The van der Waals surface area contributed by atoms with Gasteiger partial charge in [0.2, 0.25) is 0 Å². The molecule has 3 heterocycles. The van der Waals surface area contributed by atoms with Gasteiger partial charge in [-0.1, -0.05) is 12.1 Å². The largest absolute Gasteiger partial charge is 0.305 e. The Balaban J connectivity index is 1.75. The molecule has 0 aliphatic carbocycles. The molecule has 0 spiro atoms. The molecule has 0 bridgehead atoms. The van der Waals surface area contributed by atoms with Crippen molar-refractivity contribution in [1.29, 1.82) is 0 Å². The second-order valence-electron chi connectivity index (χ2n) is 6.00. The highest BCUT2D eigenvalue weighted by molar-refractivity contribution is 7.09. The molecule has 0 amide bonds. The molecule has 21 heavy (non-hydrogen) atoms. The Morgan fingerprint density at radius 3 is 2.90 bits per heavy atom. The summed E-state index contributed by atoms with van der Waals surface area (Å²) < 4.78 is 0. The molecule has 2 aromatic rings. The molecule has 0 unspecified atom stereocenters. The summed E-state index contributed by atoms with van der Waals surface area (Å²) in [6, 6.07) is 9.83. The zero-order valence-corrected chi connectivity index (χ0v) is 13.6. The van der Waals surface area contributed by atoms with Crippen LogP contribution in [0.4, 0.5) is 0 Å². The molecule has 1 aliphatic rings. The maximum Gasteiger partial charge on any atom is 0.0331 e. The van der Waals surface area contributed by atoms with E-state index in [1.807, 2.05) is 29.8 Å². The van der Waals surface area contributed by atoms with Gasteiger partial charge in [0, 0.05) is 42.4 Å². The lowest BCUT2D eigenvalue weighted by Crippen LogP contribution is -2.43. The Bertz CT molecular complexity index is 538. The highest BCUT2D eigenvalue weighted by atomic mass is 32.1. The Hall–Kier alpha value is -1.23. The van der Waals surface area contributed by atoms with E-state index in [4.69, 9.17) is 0 Å². The van der Waals surface area contributed by atoms with Crippen LogP contribution < -0.4 is 0 Å². The first-order chi connectivity index (χ1) is 10.2.